The number of epoxide rings is 1. The minimum absolute atomic E-state index is 0.0432. The van der Waals surface area contributed by atoms with E-state index < -0.39 is 0 Å². The monoisotopic (exact) mass is 257 g/mol. The summed E-state index contributed by atoms with van der Waals surface area (Å²) in [5.74, 6) is 0.0432. The number of amides is 1. The van der Waals surface area contributed by atoms with Gasteiger partial charge >= 0.3 is 0 Å². The molecule has 1 saturated heterocycles. The summed E-state index contributed by atoms with van der Waals surface area (Å²) >= 11 is 0. The van der Waals surface area contributed by atoms with Crippen molar-refractivity contribution in [2.75, 3.05) is 11.4 Å². The summed E-state index contributed by atoms with van der Waals surface area (Å²) in [5, 5.41) is 0. The number of nitrogens with zero attached hydrogens (tertiary/aromatic N) is 3. The molecule has 4 rings (SSSR count). The van der Waals surface area contributed by atoms with Gasteiger partial charge in [-0.2, -0.15) is 0 Å². The van der Waals surface area contributed by atoms with E-state index in [-0.39, 0.29) is 18.1 Å². The largest absolute Gasteiger partial charge is 0.362 e. The molecule has 2 aliphatic rings. The Hall–Kier alpha value is -1.88. The second-order valence-corrected chi connectivity index (χ2v) is 5.32. The van der Waals surface area contributed by atoms with Crippen LogP contribution in [-0.4, -0.2) is 27.9 Å². The van der Waals surface area contributed by atoms with Crippen LogP contribution in [0.4, 0.5) is 5.69 Å². The van der Waals surface area contributed by atoms with Gasteiger partial charge in [-0.1, -0.05) is 0 Å². The Kier molecular flexibility index (Phi) is 1.94. The van der Waals surface area contributed by atoms with Crippen molar-refractivity contribution in [3.8, 4) is 0 Å². The average molecular weight is 257 g/mol. The van der Waals surface area contributed by atoms with Crippen molar-refractivity contribution < 1.29 is 9.53 Å². The number of ether oxygens (including phenoxy) is 1. The van der Waals surface area contributed by atoms with E-state index in [2.05, 4.69) is 11.1 Å². The maximum atomic E-state index is 11.9. The summed E-state index contributed by atoms with van der Waals surface area (Å²) in [4.78, 5) is 18.3. The van der Waals surface area contributed by atoms with Crippen LogP contribution < -0.4 is 4.90 Å². The van der Waals surface area contributed by atoms with Crippen LogP contribution in [0.5, 0.6) is 0 Å². The van der Waals surface area contributed by atoms with Gasteiger partial charge in [0, 0.05) is 24.4 Å². The molecule has 0 aromatic carbocycles. The topological polar surface area (TPSA) is 50.1 Å². The van der Waals surface area contributed by atoms with E-state index in [0.29, 0.717) is 6.54 Å². The normalized spacial score (nSPS) is 24.3. The minimum atomic E-state index is 0.0432. The fourth-order valence-electron chi connectivity index (χ4n) is 2.96. The van der Waals surface area contributed by atoms with E-state index in [1.807, 2.05) is 24.4 Å². The Labute approximate surface area is 110 Å². The molecular formula is C14H15N3O2. The smallest absolute Gasteiger partial charge is 0.224 e. The third-order valence-electron chi connectivity index (χ3n) is 4.18. The lowest BCUT2D eigenvalue weighted by atomic mass is 10.0. The molecule has 5 nitrogen and oxygen atoms in total. The first-order valence-electron chi connectivity index (χ1n) is 6.49. The standard InChI is InChI=1S/C14H15N3O2/c1-7-8(2)16-5-4-10-12(14(16)15-7)17(9(3)18)6-11-13(10)19-11/h4-5,11,13H,6H2,1-3H3. The summed E-state index contributed by atoms with van der Waals surface area (Å²) < 4.78 is 7.69. The van der Waals surface area contributed by atoms with Crippen LogP contribution in [0, 0.1) is 13.8 Å². The number of carbonyl (C=O) groups excluding carboxylic acids is 1. The zero-order chi connectivity index (χ0) is 13.3. The molecule has 0 radical (unpaired) electrons. The lowest BCUT2D eigenvalue weighted by molar-refractivity contribution is -0.116. The summed E-state index contributed by atoms with van der Waals surface area (Å²) in [7, 11) is 0. The molecule has 0 N–H and O–H groups in total. The molecule has 0 saturated carbocycles. The van der Waals surface area contributed by atoms with Gasteiger partial charge in [-0.25, -0.2) is 4.98 Å². The third-order valence-corrected chi connectivity index (χ3v) is 4.18. The van der Waals surface area contributed by atoms with Gasteiger partial charge < -0.3 is 14.0 Å². The van der Waals surface area contributed by atoms with Crippen molar-refractivity contribution in [1.82, 2.24) is 9.38 Å². The van der Waals surface area contributed by atoms with E-state index in [0.717, 1.165) is 28.3 Å². The number of aromatic nitrogens is 2. The number of carbonyl (C=O) groups is 1. The van der Waals surface area contributed by atoms with Crippen molar-refractivity contribution in [1.29, 1.82) is 0 Å². The SMILES string of the molecule is CC(=O)N1CC2OC2c2ccn3c(C)c(C)nc3c21. The van der Waals surface area contributed by atoms with Crippen LogP contribution in [0.15, 0.2) is 12.3 Å². The van der Waals surface area contributed by atoms with Crippen molar-refractivity contribution in [3.05, 3.63) is 29.2 Å². The lowest BCUT2D eigenvalue weighted by Crippen LogP contribution is -2.36. The van der Waals surface area contributed by atoms with E-state index in [1.165, 1.54) is 0 Å². The first kappa shape index (κ1) is 11.0. The quantitative estimate of drug-likeness (QED) is 0.676. The van der Waals surface area contributed by atoms with Gasteiger partial charge in [0.2, 0.25) is 5.91 Å². The van der Waals surface area contributed by atoms with Crippen LogP contribution >= 0.6 is 0 Å². The molecule has 0 bridgehead atoms. The van der Waals surface area contributed by atoms with Gasteiger partial charge in [0.1, 0.15) is 12.2 Å². The number of rotatable bonds is 0. The highest BCUT2D eigenvalue weighted by Crippen LogP contribution is 2.49. The van der Waals surface area contributed by atoms with Crippen molar-refractivity contribution in [3.63, 3.8) is 0 Å². The molecular weight excluding hydrogens is 242 g/mol. The van der Waals surface area contributed by atoms with Gasteiger partial charge in [0.25, 0.3) is 0 Å². The molecule has 1 fully saturated rings. The van der Waals surface area contributed by atoms with E-state index in [9.17, 15) is 4.79 Å². The lowest BCUT2D eigenvalue weighted by Gasteiger charge is -2.26. The molecule has 2 unspecified atom stereocenters. The molecule has 0 spiro atoms. The molecule has 98 valence electrons. The number of imidazole rings is 1. The first-order valence-corrected chi connectivity index (χ1v) is 6.49. The van der Waals surface area contributed by atoms with Gasteiger partial charge in [-0.05, 0) is 19.9 Å². The summed E-state index contributed by atoms with van der Waals surface area (Å²) in [6.07, 6.45) is 2.33. The Morgan fingerprint density at radius 3 is 3.00 bits per heavy atom. The number of pyridine rings is 1. The minimum Gasteiger partial charge on any atom is -0.362 e. The average Bonchev–Trinajstić information content (AvgIpc) is 3.10. The van der Waals surface area contributed by atoms with Crippen LogP contribution in [0.2, 0.25) is 0 Å². The molecule has 4 heterocycles. The Bertz CT molecular complexity index is 719. The van der Waals surface area contributed by atoms with Crippen molar-refractivity contribution in [2.24, 2.45) is 0 Å². The molecule has 1 amide bonds. The van der Waals surface area contributed by atoms with E-state index >= 15 is 0 Å². The van der Waals surface area contributed by atoms with E-state index in [4.69, 9.17) is 4.74 Å². The summed E-state index contributed by atoms with van der Waals surface area (Å²) in [5.41, 5.74) is 4.97. The van der Waals surface area contributed by atoms with Crippen molar-refractivity contribution >= 4 is 17.2 Å². The Morgan fingerprint density at radius 2 is 2.26 bits per heavy atom. The van der Waals surface area contributed by atoms with Gasteiger partial charge in [0.15, 0.2) is 5.65 Å². The van der Waals surface area contributed by atoms with Gasteiger partial charge in [-0.3, -0.25) is 4.79 Å². The van der Waals surface area contributed by atoms with Gasteiger partial charge in [0.05, 0.1) is 17.9 Å². The maximum absolute atomic E-state index is 11.9. The second kappa shape index (κ2) is 3.36. The van der Waals surface area contributed by atoms with Crippen LogP contribution in [-0.2, 0) is 9.53 Å². The highest BCUT2D eigenvalue weighted by atomic mass is 16.6. The Balaban J connectivity index is 2.06. The molecule has 2 atom stereocenters. The van der Waals surface area contributed by atoms with E-state index in [1.54, 1.807) is 11.8 Å². The number of anilines is 1. The highest BCUT2D eigenvalue weighted by molar-refractivity contribution is 5.97. The zero-order valence-electron chi connectivity index (χ0n) is 11.2. The molecule has 2 aromatic rings. The van der Waals surface area contributed by atoms with Gasteiger partial charge in [-0.15, -0.1) is 0 Å². The molecule has 0 aliphatic carbocycles. The second-order valence-electron chi connectivity index (χ2n) is 5.32. The number of fused-ring (bicyclic) bond motifs is 5. The summed E-state index contributed by atoms with van der Waals surface area (Å²) in [6.45, 7) is 6.27. The van der Waals surface area contributed by atoms with Crippen LogP contribution in [0.25, 0.3) is 5.65 Å². The highest BCUT2D eigenvalue weighted by Gasteiger charge is 2.48. The zero-order valence-corrected chi connectivity index (χ0v) is 11.2. The molecule has 5 heteroatoms. The fourth-order valence-corrected chi connectivity index (χ4v) is 2.96. The van der Waals surface area contributed by atoms with Crippen LogP contribution in [0.1, 0.15) is 30.0 Å². The summed E-state index contributed by atoms with van der Waals surface area (Å²) in [6, 6.07) is 2.05. The predicted molar refractivity (Wildman–Crippen MR) is 70.3 cm³/mol. The van der Waals surface area contributed by atoms with Crippen molar-refractivity contribution in [2.45, 2.75) is 33.0 Å². The third kappa shape index (κ3) is 1.33. The number of hydrogen-bond acceptors (Lipinski definition) is 3. The maximum Gasteiger partial charge on any atom is 0.224 e. The molecule has 2 aromatic heterocycles. The Morgan fingerprint density at radius 1 is 1.47 bits per heavy atom. The fraction of sp³-hybridized carbons (Fsp3) is 0.429. The van der Waals surface area contributed by atoms with Crippen LogP contribution in [0.3, 0.4) is 0 Å². The molecule has 19 heavy (non-hydrogen) atoms. The predicted octanol–water partition coefficient (Wildman–Crippen LogP) is 1.76. The number of hydrogen-bond donors (Lipinski definition) is 0. The first-order chi connectivity index (χ1) is 9.08. The number of aryl methyl sites for hydroxylation is 2. The molecule has 2 aliphatic heterocycles.